The van der Waals surface area contributed by atoms with Crippen molar-refractivity contribution in [2.24, 2.45) is 0 Å². The minimum Gasteiger partial charge on any atom is -0.494 e. The van der Waals surface area contributed by atoms with Crippen molar-refractivity contribution >= 4 is 0 Å². The average molecular weight is 218 g/mol. The summed E-state index contributed by atoms with van der Waals surface area (Å²) in [5.41, 5.74) is -0.0697. The van der Waals surface area contributed by atoms with Gasteiger partial charge >= 0.3 is 5.69 Å². The molecule has 1 heterocycles. The highest BCUT2D eigenvalue weighted by molar-refractivity contribution is 5.20. The van der Waals surface area contributed by atoms with E-state index in [1.807, 2.05) is 30.3 Å². The predicted molar refractivity (Wildman–Crippen MR) is 61.6 cm³/mol. The van der Waals surface area contributed by atoms with Crippen molar-refractivity contribution in [1.29, 1.82) is 0 Å². The molecule has 1 aromatic heterocycles. The van der Waals surface area contributed by atoms with Gasteiger partial charge in [0, 0.05) is 18.9 Å². The lowest BCUT2D eigenvalue weighted by Gasteiger charge is -2.05. The highest BCUT2D eigenvalue weighted by Gasteiger charge is 1.96. The largest absolute Gasteiger partial charge is 0.494 e. The number of para-hydroxylation sites is 1. The average Bonchev–Trinajstić information content (AvgIpc) is 2.72. The van der Waals surface area contributed by atoms with Gasteiger partial charge in [0.15, 0.2) is 0 Å². The normalized spacial score (nSPS) is 10.2. The smallest absolute Gasteiger partial charge is 0.325 e. The number of hydrogen-bond donors (Lipinski definition) is 1. The molecule has 16 heavy (non-hydrogen) atoms. The van der Waals surface area contributed by atoms with Crippen molar-refractivity contribution in [1.82, 2.24) is 9.55 Å². The van der Waals surface area contributed by atoms with Crippen LogP contribution in [0.25, 0.3) is 0 Å². The lowest BCUT2D eigenvalue weighted by Crippen LogP contribution is -2.17. The lowest BCUT2D eigenvalue weighted by atomic mass is 10.3. The Balaban J connectivity index is 1.74. The molecule has 0 radical (unpaired) electrons. The summed E-state index contributed by atoms with van der Waals surface area (Å²) in [4.78, 5) is 13.7. The fourth-order valence-electron chi connectivity index (χ4n) is 1.47. The number of ether oxygens (including phenoxy) is 1. The molecule has 1 aromatic carbocycles. The number of nitrogens with one attached hydrogen (secondary N) is 1. The Labute approximate surface area is 93.5 Å². The highest BCUT2D eigenvalue weighted by Crippen LogP contribution is 2.08. The Hall–Kier alpha value is -1.97. The third kappa shape index (κ3) is 2.76. The summed E-state index contributed by atoms with van der Waals surface area (Å²) >= 11 is 0. The van der Waals surface area contributed by atoms with Crippen molar-refractivity contribution in [3.63, 3.8) is 0 Å². The van der Waals surface area contributed by atoms with Gasteiger partial charge < -0.3 is 9.72 Å². The molecule has 4 heteroatoms. The number of rotatable bonds is 5. The van der Waals surface area contributed by atoms with E-state index in [1.54, 1.807) is 17.0 Å². The summed E-state index contributed by atoms with van der Waals surface area (Å²) < 4.78 is 7.15. The number of aryl methyl sites for hydroxylation is 1. The fourth-order valence-corrected chi connectivity index (χ4v) is 1.47. The van der Waals surface area contributed by atoms with E-state index in [0.29, 0.717) is 13.2 Å². The van der Waals surface area contributed by atoms with Gasteiger partial charge in [-0.15, -0.1) is 0 Å². The van der Waals surface area contributed by atoms with Crippen LogP contribution >= 0.6 is 0 Å². The second-order valence-electron chi connectivity index (χ2n) is 3.47. The van der Waals surface area contributed by atoms with Crippen LogP contribution in [0.1, 0.15) is 6.42 Å². The molecule has 0 aliphatic heterocycles. The zero-order valence-corrected chi connectivity index (χ0v) is 8.93. The maximum Gasteiger partial charge on any atom is 0.325 e. The van der Waals surface area contributed by atoms with Gasteiger partial charge in [-0.2, -0.15) is 0 Å². The maximum absolute atomic E-state index is 11.1. The first kappa shape index (κ1) is 10.5. The molecular formula is C12H14N2O2. The van der Waals surface area contributed by atoms with Gasteiger partial charge in [-0.3, -0.25) is 4.57 Å². The predicted octanol–water partition coefficient (Wildman–Crippen LogP) is 1.65. The van der Waals surface area contributed by atoms with Gasteiger partial charge in [-0.25, -0.2) is 4.79 Å². The van der Waals surface area contributed by atoms with E-state index in [4.69, 9.17) is 4.74 Å². The van der Waals surface area contributed by atoms with E-state index in [-0.39, 0.29) is 5.69 Å². The number of imidazole rings is 1. The van der Waals surface area contributed by atoms with Crippen LogP contribution in [-0.2, 0) is 6.54 Å². The van der Waals surface area contributed by atoms with E-state index in [0.717, 1.165) is 12.2 Å². The molecular weight excluding hydrogens is 204 g/mol. The zero-order valence-electron chi connectivity index (χ0n) is 8.93. The second kappa shape index (κ2) is 5.21. The summed E-state index contributed by atoms with van der Waals surface area (Å²) in [7, 11) is 0. The number of nitrogens with zero attached hydrogens (tertiary/aromatic N) is 1. The summed E-state index contributed by atoms with van der Waals surface area (Å²) in [5.74, 6) is 0.865. The van der Waals surface area contributed by atoms with E-state index < -0.39 is 0 Å². The third-order valence-electron chi connectivity index (χ3n) is 2.28. The molecule has 2 aromatic rings. The monoisotopic (exact) mass is 218 g/mol. The number of aromatic amines is 1. The molecule has 0 bridgehead atoms. The molecule has 0 atom stereocenters. The van der Waals surface area contributed by atoms with Gasteiger partial charge in [0.05, 0.1) is 6.61 Å². The minimum atomic E-state index is -0.0697. The molecule has 0 aliphatic carbocycles. The lowest BCUT2D eigenvalue weighted by molar-refractivity contribution is 0.301. The molecule has 4 nitrogen and oxygen atoms in total. The Morgan fingerprint density at radius 2 is 2.06 bits per heavy atom. The van der Waals surface area contributed by atoms with Crippen LogP contribution in [0.15, 0.2) is 47.5 Å². The van der Waals surface area contributed by atoms with Gasteiger partial charge in [-0.1, -0.05) is 18.2 Å². The number of hydrogen-bond acceptors (Lipinski definition) is 2. The molecule has 0 saturated heterocycles. The van der Waals surface area contributed by atoms with Crippen LogP contribution in [0, 0.1) is 0 Å². The first-order chi connectivity index (χ1) is 7.86. The molecule has 0 aliphatic rings. The first-order valence-corrected chi connectivity index (χ1v) is 5.28. The van der Waals surface area contributed by atoms with E-state index >= 15 is 0 Å². The van der Waals surface area contributed by atoms with Crippen molar-refractivity contribution in [2.45, 2.75) is 13.0 Å². The Morgan fingerprint density at radius 1 is 1.25 bits per heavy atom. The van der Waals surface area contributed by atoms with Crippen LogP contribution in [0.2, 0.25) is 0 Å². The highest BCUT2D eigenvalue weighted by atomic mass is 16.5. The fraction of sp³-hybridized carbons (Fsp3) is 0.250. The van der Waals surface area contributed by atoms with Gasteiger partial charge in [0.2, 0.25) is 0 Å². The molecule has 0 unspecified atom stereocenters. The minimum absolute atomic E-state index is 0.0697. The molecule has 0 fully saturated rings. The van der Waals surface area contributed by atoms with Crippen LogP contribution < -0.4 is 10.4 Å². The summed E-state index contributed by atoms with van der Waals surface area (Å²) in [6.07, 6.45) is 4.19. The number of H-pyrrole nitrogens is 1. The molecule has 0 amide bonds. The second-order valence-corrected chi connectivity index (χ2v) is 3.47. The maximum atomic E-state index is 11.1. The molecule has 2 rings (SSSR count). The van der Waals surface area contributed by atoms with Crippen LogP contribution in [0.5, 0.6) is 5.75 Å². The van der Waals surface area contributed by atoms with Gasteiger partial charge in [0.1, 0.15) is 5.75 Å². The first-order valence-electron chi connectivity index (χ1n) is 5.28. The van der Waals surface area contributed by atoms with Crippen molar-refractivity contribution in [2.75, 3.05) is 6.61 Å². The number of benzene rings is 1. The summed E-state index contributed by atoms with van der Waals surface area (Å²) in [6.45, 7) is 1.29. The van der Waals surface area contributed by atoms with Gasteiger partial charge in [-0.05, 0) is 18.6 Å². The Bertz CT molecular complexity index is 473. The standard InChI is InChI=1S/C12H14N2O2/c15-12-13-7-9-14(12)8-4-10-16-11-5-2-1-3-6-11/h1-3,5-7,9H,4,8,10H2,(H,13,15). The molecule has 0 saturated carbocycles. The zero-order chi connectivity index (χ0) is 11.2. The quantitative estimate of drug-likeness (QED) is 0.775. The summed E-state index contributed by atoms with van der Waals surface area (Å²) in [5, 5.41) is 0. The SMILES string of the molecule is O=c1[nH]ccn1CCCOc1ccccc1. The van der Waals surface area contributed by atoms with E-state index in [9.17, 15) is 4.79 Å². The van der Waals surface area contributed by atoms with Crippen LogP contribution in [-0.4, -0.2) is 16.2 Å². The molecule has 84 valence electrons. The van der Waals surface area contributed by atoms with Crippen molar-refractivity contribution < 1.29 is 4.74 Å². The third-order valence-corrected chi connectivity index (χ3v) is 2.28. The van der Waals surface area contributed by atoms with E-state index in [2.05, 4.69) is 4.98 Å². The van der Waals surface area contributed by atoms with E-state index in [1.165, 1.54) is 0 Å². The van der Waals surface area contributed by atoms with Gasteiger partial charge in [0.25, 0.3) is 0 Å². The van der Waals surface area contributed by atoms with Crippen LogP contribution in [0.3, 0.4) is 0 Å². The van der Waals surface area contributed by atoms with Crippen molar-refractivity contribution in [3.05, 3.63) is 53.2 Å². The van der Waals surface area contributed by atoms with Crippen molar-refractivity contribution in [3.8, 4) is 5.75 Å². The molecule has 0 spiro atoms. The topological polar surface area (TPSA) is 47.0 Å². The van der Waals surface area contributed by atoms with Crippen LogP contribution in [0.4, 0.5) is 0 Å². The molecule has 1 N–H and O–H groups in total. The summed E-state index contributed by atoms with van der Waals surface area (Å²) in [6, 6.07) is 9.66. The number of aromatic nitrogens is 2. The Kier molecular flexibility index (Phi) is 3.43. The Morgan fingerprint density at radius 3 is 2.75 bits per heavy atom.